The third-order valence-corrected chi connectivity index (χ3v) is 5.14. The minimum atomic E-state index is 0.150. The molecule has 28 heavy (non-hydrogen) atoms. The first-order chi connectivity index (χ1) is 13.5. The van der Waals surface area contributed by atoms with Gasteiger partial charge in [-0.15, -0.1) is 0 Å². The molecule has 4 rings (SSSR count). The van der Waals surface area contributed by atoms with E-state index in [1.54, 1.807) is 25.5 Å². The van der Waals surface area contributed by atoms with Crippen LogP contribution < -0.4 is 4.74 Å². The van der Waals surface area contributed by atoms with Gasteiger partial charge in [-0.3, -0.25) is 4.99 Å². The number of oxazole rings is 1. The lowest BCUT2D eigenvalue weighted by Gasteiger charge is -2.02. The molecule has 0 unspecified atom stereocenters. The second-order valence-electron chi connectivity index (χ2n) is 5.99. The molecule has 0 aliphatic heterocycles. The number of hydrogen-bond donors (Lipinski definition) is 1. The highest BCUT2D eigenvalue weighted by atomic mass is 127. The van der Waals surface area contributed by atoms with E-state index in [0.717, 1.165) is 11.3 Å². The Balaban J connectivity index is 1.67. The fraction of sp³-hybridized carbons (Fsp3) is 0.0476. The van der Waals surface area contributed by atoms with Gasteiger partial charge in [0.25, 0.3) is 0 Å². The van der Waals surface area contributed by atoms with Crippen LogP contribution in [0.5, 0.6) is 11.5 Å². The van der Waals surface area contributed by atoms with Gasteiger partial charge in [-0.2, -0.15) is 0 Å². The predicted molar refractivity (Wildman–Crippen MR) is 119 cm³/mol. The van der Waals surface area contributed by atoms with E-state index in [-0.39, 0.29) is 5.75 Å². The Morgan fingerprint density at radius 2 is 2.04 bits per heavy atom. The van der Waals surface area contributed by atoms with Crippen LogP contribution in [0.15, 0.2) is 64.0 Å². The fourth-order valence-corrected chi connectivity index (χ4v) is 3.76. The lowest BCUT2D eigenvalue weighted by Crippen LogP contribution is -1.86. The molecule has 0 saturated heterocycles. The van der Waals surface area contributed by atoms with Crippen molar-refractivity contribution >= 4 is 57.2 Å². The molecule has 0 radical (unpaired) electrons. The molecule has 0 atom stereocenters. The molecule has 5 nitrogen and oxygen atoms in total. The highest BCUT2D eigenvalue weighted by Crippen LogP contribution is 2.30. The Kier molecular flexibility index (Phi) is 5.23. The summed E-state index contributed by atoms with van der Waals surface area (Å²) in [5, 5.41) is 10.7. The number of rotatable bonds is 4. The van der Waals surface area contributed by atoms with Gasteiger partial charge in [0.1, 0.15) is 17.0 Å². The number of benzene rings is 3. The number of nitrogens with zero attached hydrogens (tertiary/aromatic N) is 2. The van der Waals surface area contributed by atoms with Gasteiger partial charge in [0.05, 0.1) is 16.4 Å². The molecule has 0 bridgehead atoms. The zero-order valence-corrected chi connectivity index (χ0v) is 17.6. The molecule has 1 aromatic heterocycles. The Morgan fingerprint density at radius 1 is 1.18 bits per heavy atom. The molecule has 1 N–H and O–H groups in total. The lowest BCUT2D eigenvalue weighted by atomic mass is 10.2. The van der Waals surface area contributed by atoms with Crippen molar-refractivity contribution in [2.24, 2.45) is 4.99 Å². The monoisotopic (exact) mass is 504 g/mol. The summed E-state index contributed by atoms with van der Waals surface area (Å²) in [7, 11) is 1.62. The molecule has 0 amide bonds. The van der Waals surface area contributed by atoms with E-state index < -0.39 is 0 Å². The number of phenols is 1. The minimum Gasteiger partial charge on any atom is -0.506 e. The van der Waals surface area contributed by atoms with Crippen LogP contribution in [-0.2, 0) is 0 Å². The number of aromatic hydroxyl groups is 1. The van der Waals surface area contributed by atoms with Crippen molar-refractivity contribution in [3.05, 3.63) is 68.8 Å². The third-order valence-electron chi connectivity index (χ3n) is 4.10. The molecule has 140 valence electrons. The minimum absolute atomic E-state index is 0.150. The van der Waals surface area contributed by atoms with Crippen molar-refractivity contribution in [3.63, 3.8) is 0 Å². The van der Waals surface area contributed by atoms with Crippen LogP contribution >= 0.6 is 34.2 Å². The van der Waals surface area contributed by atoms with Crippen LogP contribution in [0.2, 0.25) is 5.02 Å². The van der Waals surface area contributed by atoms with E-state index in [9.17, 15) is 5.11 Å². The maximum atomic E-state index is 10.1. The first kappa shape index (κ1) is 18.8. The highest BCUT2D eigenvalue weighted by Gasteiger charge is 2.10. The normalized spacial score (nSPS) is 11.4. The number of methoxy groups -OCH3 is 1. The van der Waals surface area contributed by atoms with E-state index in [2.05, 4.69) is 9.98 Å². The van der Waals surface area contributed by atoms with Gasteiger partial charge in [-0.25, -0.2) is 4.98 Å². The summed E-state index contributed by atoms with van der Waals surface area (Å²) in [5.41, 5.74) is 3.43. The van der Waals surface area contributed by atoms with Gasteiger partial charge in [0, 0.05) is 22.4 Å². The van der Waals surface area contributed by atoms with Crippen LogP contribution in [0, 0.1) is 3.57 Å². The molecular weight excluding hydrogens is 491 g/mol. The second-order valence-corrected chi connectivity index (χ2v) is 7.59. The summed E-state index contributed by atoms with van der Waals surface area (Å²) in [6, 6.07) is 16.4. The highest BCUT2D eigenvalue weighted by molar-refractivity contribution is 14.1. The Bertz CT molecular complexity index is 1200. The lowest BCUT2D eigenvalue weighted by molar-refractivity contribution is 0.415. The van der Waals surface area contributed by atoms with Gasteiger partial charge in [-0.05, 0) is 71.1 Å². The zero-order valence-electron chi connectivity index (χ0n) is 14.7. The van der Waals surface area contributed by atoms with Crippen LogP contribution in [0.4, 0.5) is 5.69 Å². The first-order valence-electron chi connectivity index (χ1n) is 8.30. The standard InChI is InChI=1S/C21H14ClIN2O3/c1-27-16-4-2-3-12(8-16)21-25-18-10-15(5-6-19(18)28-21)24-11-13-7-14(22)9-17(23)20(13)26/h2-11,26H,1H3. The molecule has 0 saturated carbocycles. The molecule has 7 heteroatoms. The van der Waals surface area contributed by atoms with Crippen molar-refractivity contribution in [2.45, 2.75) is 0 Å². The quantitative estimate of drug-likeness (QED) is 0.265. The summed E-state index contributed by atoms with van der Waals surface area (Å²) in [6.07, 6.45) is 1.58. The van der Waals surface area contributed by atoms with Crippen molar-refractivity contribution in [1.82, 2.24) is 4.98 Å². The van der Waals surface area contributed by atoms with E-state index in [1.807, 2.05) is 65.1 Å². The topological polar surface area (TPSA) is 67.9 Å². The van der Waals surface area contributed by atoms with Gasteiger partial charge < -0.3 is 14.3 Å². The molecule has 0 fully saturated rings. The van der Waals surface area contributed by atoms with Crippen LogP contribution in [0.3, 0.4) is 0 Å². The molecule has 0 spiro atoms. The zero-order chi connectivity index (χ0) is 19.7. The number of aliphatic imine (C=N–C) groups is 1. The fourth-order valence-electron chi connectivity index (χ4n) is 2.70. The number of halogens is 2. The summed E-state index contributed by atoms with van der Waals surface area (Å²) in [4.78, 5) is 8.98. The average molecular weight is 505 g/mol. The van der Waals surface area contributed by atoms with Crippen LogP contribution in [0.1, 0.15) is 5.56 Å². The van der Waals surface area contributed by atoms with Gasteiger partial charge in [-0.1, -0.05) is 17.7 Å². The SMILES string of the molecule is COc1cccc(-c2nc3cc(N=Cc4cc(Cl)cc(I)c4O)ccc3o2)c1. The van der Waals surface area contributed by atoms with Crippen molar-refractivity contribution in [1.29, 1.82) is 0 Å². The molecule has 1 heterocycles. The largest absolute Gasteiger partial charge is 0.506 e. The van der Waals surface area contributed by atoms with Crippen LogP contribution in [-0.4, -0.2) is 23.4 Å². The number of hydrogen-bond acceptors (Lipinski definition) is 5. The smallest absolute Gasteiger partial charge is 0.227 e. The predicted octanol–water partition coefficient (Wildman–Crippen LogP) is 6.22. The molecular formula is C21H14ClIN2O3. The van der Waals surface area contributed by atoms with E-state index in [4.69, 9.17) is 20.8 Å². The summed E-state index contributed by atoms with van der Waals surface area (Å²) < 4.78 is 11.8. The number of phenolic OH excluding ortho intramolecular Hbond substituents is 1. The second kappa shape index (κ2) is 7.81. The third kappa shape index (κ3) is 3.83. The Morgan fingerprint density at radius 3 is 2.86 bits per heavy atom. The summed E-state index contributed by atoms with van der Waals surface area (Å²) in [5.74, 6) is 1.40. The van der Waals surface area contributed by atoms with Crippen molar-refractivity contribution < 1.29 is 14.3 Å². The molecule has 4 aromatic rings. The molecule has 0 aliphatic rings. The van der Waals surface area contributed by atoms with E-state index in [0.29, 0.717) is 36.8 Å². The molecule has 0 aliphatic carbocycles. The summed E-state index contributed by atoms with van der Waals surface area (Å²) >= 11 is 8.08. The summed E-state index contributed by atoms with van der Waals surface area (Å²) in [6.45, 7) is 0. The van der Waals surface area contributed by atoms with E-state index in [1.165, 1.54) is 0 Å². The van der Waals surface area contributed by atoms with E-state index >= 15 is 0 Å². The first-order valence-corrected chi connectivity index (χ1v) is 9.76. The van der Waals surface area contributed by atoms with Gasteiger partial charge in [0.15, 0.2) is 5.58 Å². The van der Waals surface area contributed by atoms with Gasteiger partial charge in [0.2, 0.25) is 5.89 Å². The molecule has 3 aromatic carbocycles. The van der Waals surface area contributed by atoms with Gasteiger partial charge >= 0.3 is 0 Å². The maximum Gasteiger partial charge on any atom is 0.227 e. The van der Waals surface area contributed by atoms with Crippen LogP contribution in [0.25, 0.3) is 22.6 Å². The maximum absolute atomic E-state index is 10.1. The Labute approximate surface area is 179 Å². The number of ether oxygens (including phenoxy) is 1. The van der Waals surface area contributed by atoms with Crippen molar-refractivity contribution in [3.8, 4) is 23.0 Å². The Hall–Kier alpha value is -2.58. The number of fused-ring (bicyclic) bond motifs is 1. The number of aromatic nitrogens is 1. The average Bonchev–Trinajstić information content (AvgIpc) is 3.13. The van der Waals surface area contributed by atoms with Crippen molar-refractivity contribution in [2.75, 3.05) is 7.11 Å².